The van der Waals surface area contributed by atoms with Crippen LogP contribution in [0, 0.1) is 0 Å². The number of hydrogen-bond donors (Lipinski definition) is 3. The molecule has 0 saturated heterocycles. The van der Waals surface area contributed by atoms with Crippen molar-refractivity contribution in [1.82, 2.24) is 75.8 Å². The molecule has 0 atom stereocenters. The minimum atomic E-state index is -1.04. The van der Waals surface area contributed by atoms with Crippen LogP contribution in [0.2, 0.25) is 0 Å². The monoisotopic (exact) mass is 927 g/mol. The summed E-state index contributed by atoms with van der Waals surface area (Å²) >= 11 is 18.6. The molecule has 210 valence electrons. The maximum atomic E-state index is 10.4. The Hall–Kier alpha value is -2.28. The zero-order chi connectivity index (χ0) is 29.5. The Morgan fingerprint density at radius 1 is 0.744 bits per heavy atom. The van der Waals surface area contributed by atoms with E-state index in [4.69, 9.17) is 5.11 Å². The molecule has 0 aliphatic carbocycles. The normalized spacial score (nSPS) is 9.46. The fourth-order valence-electron chi connectivity index (χ4n) is 1.71. The van der Waals surface area contributed by atoms with E-state index in [1.807, 2.05) is 7.05 Å². The molecule has 0 unspecified atom stereocenters. The summed E-state index contributed by atoms with van der Waals surface area (Å²) in [6.45, 7) is 0. The predicted molar refractivity (Wildman–Crippen MR) is 154 cm³/mol. The Labute approximate surface area is 268 Å². The summed E-state index contributed by atoms with van der Waals surface area (Å²) in [5.74, 6) is -1.04. The SMILES string of the molecule is Brc1n[nH]nc1Br.Cn1nnc(Br)c1Br.Cn1nnc(Br)c1C(=O)O.Cn1nnc(Br)c1C=O.c1cn[nH]n1. The second kappa shape index (κ2) is 18.1. The second-order valence-corrected chi connectivity index (χ2v) is 10.5. The van der Waals surface area contributed by atoms with E-state index in [0.29, 0.717) is 25.8 Å². The van der Waals surface area contributed by atoms with Crippen LogP contribution in [0.3, 0.4) is 0 Å². The molecule has 0 spiro atoms. The van der Waals surface area contributed by atoms with Crippen molar-refractivity contribution in [3.63, 3.8) is 0 Å². The quantitative estimate of drug-likeness (QED) is 0.217. The van der Waals surface area contributed by atoms with Gasteiger partial charge < -0.3 is 5.11 Å². The largest absolute Gasteiger partial charge is 0.476 e. The molecule has 5 heterocycles. The number of rotatable bonds is 2. The molecule has 0 amide bonds. The van der Waals surface area contributed by atoms with E-state index in [1.165, 1.54) is 16.4 Å². The van der Waals surface area contributed by atoms with Gasteiger partial charge in [-0.15, -0.1) is 25.5 Å². The molecule has 24 heteroatoms. The van der Waals surface area contributed by atoms with E-state index < -0.39 is 5.97 Å². The van der Waals surface area contributed by atoms with E-state index in [2.05, 4.69) is 157 Å². The molecule has 0 aromatic carbocycles. The Morgan fingerprint density at radius 3 is 1.41 bits per heavy atom. The molecule has 0 bridgehead atoms. The van der Waals surface area contributed by atoms with Crippen molar-refractivity contribution in [2.45, 2.75) is 0 Å². The summed E-state index contributed by atoms with van der Waals surface area (Å²) in [5.41, 5.74) is 0.509. The smallest absolute Gasteiger partial charge is 0.357 e. The number of H-pyrrole nitrogens is 2. The molecule has 5 aromatic rings. The number of aldehydes is 1. The number of nitrogens with zero attached hydrogens (tertiary/aromatic N) is 13. The van der Waals surface area contributed by atoms with Crippen molar-refractivity contribution in [2.24, 2.45) is 21.1 Å². The first kappa shape index (κ1) is 34.7. The first-order chi connectivity index (χ1) is 18.4. The lowest BCUT2D eigenvalue weighted by atomic mass is 10.5. The summed E-state index contributed by atoms with van der Waals surface area (Å²) in [6, 6.07) is 0. The van der Waals surface area contributed by atoms with Crippen LogP contribution in [0.25, 0.3) is 0 Å². The lowest BCUT2D eigenvalue weighted by Crippen LogP contribution is -2.05. The molecule has 18 nitrogen and oxygen atoms in total. The van der Waals surface area contributed by atoms with Crippen LogP contribution >= 0.6 is 95.6 Å². The van der Waals surface area contributed by atoms with Gasteiger partial charge >= 0.3 is 5.97 Å². The molecule has 3 N–H and O–H groups in total. The van der Waals surface area contributed by atoms with Gasteiger partial charge in [0.25, 0.3) is 0 Å². The van der Waals surface area contributed by atoms with Crippen LogP contribution in [0.5, 0.6) is 0 Å². The number of halogens is 6. The van der Waals surface area contributed by atoms with Crippen LogP contribution in [0.4, 0.5) is 0 Å². The van der Waals surface area contributed by atoms with Crippen LogP contribution < -0.4 is 0 Å². The minimum absolute atomic E-state index is 0.0556. The molecule has 0 radical (unpaired) electrons. The number of carboxylic acid groups (broad SMARTS) is 1. The Bertz CT molecular complexity index is 1340. The van der Waals surface area contributed by atoms with Crippen LogP contribution in [-0.4, -0.2) is 93.2 Å². The number of carbonyl (C=O) groups excluding carboxylic acids is 1. The van der Waals surface area contributed by atoms with Crippen molar-refractivity contribution < 1.29 is 14.7 Å². The average molecular weight is 933 g/mol. The van der Waals surface area contributed by atoms with E-state index in [1.54, 1.807) is 24.1 Å². The van der Waals surface area contributed by atoms with Crippen LogP contribution in [0.15, 0.2) is 40.0 Å². The number of carboxylic acids is 1. The third kappa shape index (κ3) is 12.2. The average Bonchev–Trinajstić information content (AvgIpc) is 3.73. The van der Waals surface area contributed by atoms with Crippen molar-refractivity contribution in [3.05, 3.63) is 51.4 Å². The van der Waals surface area contributed by atoms with Crippen molar-refractivity contribution in [1.29, 1.82) is 0 Å². The molecule has 0 aliphatic heterocycles. The maximum Gasteiger partial charge on any atom is 0.357 e. The molecular weight excluding hydrogens is 918 g/mol. The fourth-order valence-corrected chi connectivity index (χ4v) is 3.45. The highest BCUT2D eigenvalue weighted by Crippen LogP contribution is 2.17. The Morgan fingerprint density at radius 2 is 1.23 bits per heavy atom. The third-order valence-corrected chi connectivity index (χ3v) is 8.14. The van der Waals surface area contributed by atoms with E-state index in [0.717, 1.165) is 9.21 Å². The number of aromatic amines is 2. The van der Waals surface area contributed by atoms with Crippen LogP contribution in [0.1, 0.15) is 21.0 Å². The minimum Gasteiger partial charge on any atom is -0.476 e. The van der Waals surface area contributed by atoms with Gasteiger partial charge in [-0.2, -0.15) is 20.6 Å². The van der Waals surface area contributed by atoms with Gasteiger partial charge in [0.2, 0.25) is 0 Å². The Balaban J connectivity index is 0.000000247. The van der Waals surface area contributed by atoms with Gasteiger partial charge in [0, 0.05) is 21.1 Å². The molecular formula is C15H15Br6N15O3. The standard InChI is InChI=1S/C4H4BrN3O2.C4H4BrN3O.C3H3Br2N3.C2HBr2N3.C2H3N3/c1-8-2(4(9)10)3(5)6-7-8;1-8-3(2-9)4(5)6-7-8;1-8-3(5)2(4)6-7-8;3-1-2(4)6-7-5-1;1-2-4-5-3-1/h1H3,(H,9,10);2H,1H3;1H3;(H,5,6,7);1-2H,(H,3,4,5). The lowest BCUT2D eigenvalue weighted by molar-refractivity contribution is 0.0683. The molecule has 0 aliphatic rings. The van der Waals surface area contributed by atoms with Gasteiger partial charge in [-0.05, 0) is 95.6 Å². The maximum absolute atomic E-state index is 10.4. The number of hydrogen-bond acceptors (Lipinski definition) is 12. The summed E-state index contributed by atoms with van der Waals surface area (Å²) in [4.78, 5) is 20.6. The van der Waals surface area contributed by atoms with Crippen molar-refractivity contribution in [3.8, 4) is 0 Å². The van der Waals surface area contributed by atoms with Gasteiger partial charge in [-0.3, -0.25) is 4.79 Å². The van der Waals surface area contributed by atoms with E-state index >= 15 is 0 Å². The number of aryl methyl sites for hydroxylation is 3. The number of aromatic nitrogens is 15. The summed E-state index contributed by atoms with van der Waals surface area (Å²) in [6.07, 6.45) is 3.87. The lowest BCUT2D eigenvalue weighted by Gasteiger charge is -1.90. The number of nitrogens with one attached hydrogen (secondary N) is 2. The van der Waals surface area contributed by atoms with E-state index in [-0.39, 0.29) is 10.3 Å². The summed E-state index contributed by atoms with van der Waals surface area (Å²) < 4.78 is 7.95. The van der Waals surface area contributed by atoms with E-state index in [9.17, 15) is 9.59 Å². The second-order valence-electron chi connectivity index (χ2n) is 6.02. The zero-order valence-electron chi connectivity index (χ0n) is 19.6. The number of aromatic carboxylic acids is 1. The summed E-state index contributed by atoms with van der Waals surface area (Å²) in [5, 5.41) is 49.1. The van der Waals surface area contributed by atoms with Crippen molar-refractivity contribution >= 4 is 108 Å². The highest BCUT2D eigenvalue weighted by molar-refractivity contribution is 9.13. The topological polar surface area (TPSA) is 230 Å². The van der Waals surface area contributed by atoms with Gasteiger partial charge in [0.05, 0.1) is 12.4 Å². The third-order valence-electron chi connectivity index (χ3n) is 3.45. The molecule has 5 aromatic heterocycles. The summed E-state index contributed by atoms with van der Waals surface area (Å²) in [7, 11) is 4.98. The highest BCUT2D eigenvalue weighted by Gasteiger charge is 2.14. The van der Waals surface area contributed by atoms with Gasteiger partial charge in [0.1, 0.15) is 10.3 Å². The van der Waals surface area contributed by atoms with Gasteiger partial charge in [-0.1, -0.05) is 15.6 Å². The fraction of sp³-hybridized carbons (Fsp3) is 0.200. The van der Waals surface area contributed by atoms with Gasteiger partial charge in [0.15, 0.2) is 35.0 Å². The molecule has 0 saturated carbocycles. The van der Waals surface area contributed by atoms with Crippen LogP contribution in [-0.2, 0) is 21.1 Å². The van der Waals surface area contributed by atoms with Gasteiger partial charge in [-0.25, -0.2) is 18.8 Å². The number of carbonyl (C=O) groups is 2. The Kier molecular flexibility index (Phi) is 16.2. The first-order valence-corrected chi connectivity index (χ1v) is 14.2. The predicted octanol–water partition coefficient (Wildman–Crippen LogP) is 3.14. The van der Waals surface area contributed by atoms with Crippen molar-refractivity contribution in [2.75, 3.05) is 0 Å². The first-order valence-electron chi connectivity index (χ1n) is 9.41. The zero-order valence-corrected chi connectivity index (χ0v) is 29.1. The molecule has 39 heavy (non-hydrogen) atoms. The molecule has 0 fully saturated rings. The molecule has 5 rings (SSSR count). The highest BCUT2D eigenvalue weighted by atomic mass is 79.9.